The lowest BCUT2D eigenvalue weighted by molar-refractivity contribution is -0.266. The van der Waals surface area contributed by atoms with E-state index in [9.17, 15) is 9.90 Å². The number of carbonyl (C=O) groups excluding carboxylic acids is 1. The zero-order valence-electron chi connectivity index (χ0n) is 6.23. The van der Waals surface area contributed by atoms with Gasteiger partial charge in [-0.25, -0.2) is 9.97 Å². The Labute approximate surface area is 68.7 Å². The monoisotopic (exact) mass is 164 g/mol. The van der Waals surface area contributed by atoms with Crippen molar-refractivity contribution < 1.29 is 9.90 Å². The molecular weight excluding hydrogens is 158 g/mol. The number of amides is 1. The highest BCUT2D eigenvalue weighted by atomic mass is 16.4. The van der Waals surface area contributed by atoms with Crippen molar-refractivity contribution in [1.82, 2.24) is 14.9 Å². The van der Waals surface area contributed by atoms with Crippen molar-refractivity contribution in [3.8, 4) is 0 Å². The number of carbonyl (C=O) groups is 1. The molecule has 0 N–H and O–H groups in total. The van der Waals surface area contributed by atoms with Gasteiger partial charge >= 0.3 is 0 Å². The Hall–Kier alpha value is -1.65. The molecular formula is C7H6N3O2-. The van der Waals surface area contributed by atoms with Crippen LogP contribution in [0, 0.1) is 0 Å². The Balaban J connectivity index is 2.27. The van der Waals surface area contributed by atoms with Crippen LogP contribution in [0.15, 0.2) is 12.5 Å². The summed E-state index contributed by atoms with van der Waals surface area (Å²) in [5.41, 5.74) is 1.64. The first kappa shape index (κ1) is 7.02. The van der Waals surface area contributed by atoms with Gasteiger partial charge in [-0.15, -0.1) is 0 Å². The summed E-state index contributed by atoms with van der Waals surface area (Å²) in [6, 6.07) is 0. The van der Waals surface area contributed by atoms with Gasteiger partial charge in [0, 0.05) is 18.3 Å². The van der Waals surface area contributed by atoms with Gasteiger partial charge in [0.25, 0.3) is 0 Å². The zero-order chi connectivity index (χ0) is 8.55. The Morgan fingerprint density at radius 2 is 2.42 bits per heavy atom. The third kappa shape index (κ3) is 0.990. The van der Waals surface area contributed by atoms with Crippen molar-refractivity contribution in [3.05, 3.63) is 23.8 Å². The second kappa shape index (κ2) is 2.44. The van der Waals surface area contributed by atoms with Gasteiger partial charge in [-0.05, 0) is 0 Å². The molecule has 12 heavy (non-hydrogen) atoms. The standard InChI is InChI=1S/C7H7N3O2/c11-7(12)10-2-5-1-8-4-9-6(5)3-10/h1,4H,2-3H2,(H,11,12)/p-1. The maximum absolute atomic E-state index is 10.4. The average Bonchev–Trinajstić information content (AvgIpc) is 2.46. The minimum absolute atomic E-state index is 0.320. The number of aromatic nitrogens is 2. The van der Waals surface area contributed by atoms with E-state index in [1.54, 1.807) is 6.20 Å². The van der Waals surface area contributed by atoms with E-state index in [2.05, 4.69) is 9.97 Å². The lowest BCUT2D eigenvalue weighted by Crippen LogP contribution is -2.37. The summed E-state index contributed by atoms with van der Waals surface area (Å²) < 4.78 is 0. The molecule has 0 radical (unpaired) electrons. The van der Waals surface area contributed by atoms with Crippen LogP contribution in [-0.4, -0.2) is 21.0 Å². The van der Waals surface area contributed by atoms with E-state index in [0.29, 0.717) is 13.1 Å². The summed E-state index contributed by atoms with van der Waals surface area (Å²) in [6.45, 7) is 0.665. The molecule has 0 bridgehead atoms. The maximum atomic E-state index is 10.4. The zero-order valence-corrected chi connectivity index (χ0v) is 6.23. The highest BCUT2D eigenvalue weighted by Crippen LogP contribution is 2.17. The second-order valence-corrected chi connectivity index (χ2v) is 2.62. The molecule has 5 nitrogen and oxygen atoms in total. The van der Waals surface area contributed by atoms with Crippen LogP contribution in [0.25, 0.3) is 0 Å². The average molecular weight is 164 g/mol. The van der Waals surface area contributed by atoms with Gasteiger partial charge in [-0.1, -0.05) is 0 Å². The predicted molar refractivity (Wildman–Crippen MR) is 36.7 cm³/mol. The van der Waals surface area contributed by atoms with E-state index in [0.717, 1.165) is 11.3 Å². The Morgan fingerprint density at radius 3 is 3.08 bits per heavy atom. The molecule has 0 saturated heterocycles. The predicted octanol–water partition coefficient (Wildman–Crippen LogP) is -0.865. The molecule has 62 valence electrons. The first-order valence-electron chi connectivity index (χ1n) is 3.51. The third-order valence-electron chi connectivity index (χ3n) is 1.84. The van der Waals surface area contributed by atoms with Crippen molar-refractivity contribution in [1.29, 1.82) is 0 Å². The molecule has 1 aliphatic rings. The topological polar surface area (TPSA) is 69.2 Å². The van der Waals surface area contributed by atoms with Crippen molar-refractivity contribution in [2.24, 2.45) is 0 Å². The largest absolute Gasteiger partial charge is 0.530 e. The molecule has 2 heterocycles. The summed E-state index contributed by atoms with van der Waals surface area (Å²) in [6.07, 6.45) is 1.89. The van der Waals surface area contributed by atoms with Crippen LogP contribution in [-0.2, 0) is 13.1 Å². The summed E-state index contributed by atoms with van der Waals surface area (Å²) in [5.74, 6) is 0. The number of rotatable bonds is 0. The minimum Gasteiger partial charge on any atom is -0.530 e. The fraction of sp³-hybridized carbons (Fsp3) is 0.286. The van der Waals surface area contributed by atoms with E-state index in [1.165, 1.54) is 11.2 Å². The Bertz CT molecular complexity index is 301. The fourth-order valence-electron chi connectivity index (χ4n) is 1.23. The SMILES string of the molecule is O=C([O-])N1Cc2cncnc2C1. The highest BCUT2D eigenvalue weighted by Gasteiger charge is 2.19. The van der Waals surface area contributed by atoms with Gasteiger partial charge in [0.1, 0.15) is 12.4 Å². The quantitative estimate of drug-likeness (QED) is 0.500. The molecule has 5 heteroatoms. The second-order valence-electron chi connectivity index (χ2n) is 2.62. The Kier molecular flexibility index (Phi) is 1.43. The first-order valence-corrected chi connectivity index (χ1v) is 3.51. The van der Waals surface area contributed by atoms with Crippen molar-refractivity contribution in [2.75, 3.05) is 0 Å². The van der Waals surface area contributed by atoms with Crippen LogP contribution in [0.3, 0.4) is 0 Å². The van der Waals surface area contributed by atoms with Gasteiger partial charge in [0.15, 0.2) is 0 Å². The molecule has 0 atom stereocenters. The summed E-state index contributed by atoms with van der Waals surface area (Å²) >= 11 is 0. The molecule has 0 spiro atoms. The number of hydrogen-bond acceptors (Lipinski definition) is 4. The first-order chi connectivity index (χ1) is 5.77. The van der Waals surface area contributed by atoms with E-state index >= 15 is 0 Å². The van der Waals surface area contributed by atoms with E-state index in [-0.39, 0.29) is 0 Å². The maximum Gasteiger partial charge on any atom is 0.137 e. The molecule has 0 fully saturated rings. The molecule has 0 unspecified atom stereocenters. The third-order valence-corrected chi connectivity index (χ3v) is 1.84. The van der Waals surface area contributed by atoms with Gasteiger partial charge in [-0.2, -0.15) is 0 Å². The summed E-state index contributed by atoms with van der Waals surface area (Å²) in [7, 11) is 0. The van der Waals surface area contributed by atoms with Crippen LogP contribution in [0.5, 0.6) is 0 Å². The summed E-state index contributed by atoms with van der Waals surface area (Å²) in [4.78, 5) is 19.4. The molecule has 1 aromatic rings. The van der Waals surface area contributed by atoms with E-state index in [1.807, 2.05) is 0 Å². The fourth-order valence-corrected chi connectivity index (χ4v) is 1.23. The van der Waals surface area contributed by atoms with Crippen LogP contribution < -0.4 is 5.11 Å². The van der Waals surface area contributed by atoms with Crippen LogP contribution >= 0.6 is 0 Å². The van der Waals surface area contributed by atoms with Gasteiger partial charge in [-0.3, -0.25) is 0 Å². The van der Waals surface area contributed by atoms with E-state index in [4.69, 9.17) is 0 Å². The van der Waals surface area contributed by atoms with Crippen LogP contribution in [0.4, 0.5) is 4.79 Å². The van der Waals surface area contributed by atoms with Crippen molar-refractivity contribution >= 4 is 6.09 Å². The Morgan fingerprint density at radius 1 is 1.58 bits per heavy atom. The van der Waals surface area contributed by atoms with Crippen LogP contribution in [0.2, 0.25) is 0 Å². The molecule has 0 aliphatic carbocycles. The lowest BCUT2D eigenvalue weighted by Gasteiger charge is -2.16. The number of nitrogens with zero attached hydrogens (tertiary/aromatic N) is 3. The van der Waals surface area contributed by atoms with Crippen LogP contribution in [0.1, 0.15) is 11.3 Å². The molecule has 1 amide bonds. The van der Waals surface area contributed by atoms with Gasteiger partial charge < -0.3 is 14.8 Å². The molecule has 2 rings (SSSR count). The molecule has 0 aromatic carbocycles. The summed E-state index contributed by atoms with van der Waals surface area (Å²) in [5, 5.41) is 10.4. The normalized spacial score (nSPS) is 14.5. The highest BCUT2D eigenvalue weighted by molar-refractivity contribution is 5.63. The molecule has 1 aliphatic heterocycles. The van der Waals surface area contributed by atoms with E-state index < -0.39 is 6.09 Å². The van der Waals surface area contributed by atoms with Gasteiger partial charge in [0.2, 0.25) is 0 Å². The smallest absolute Gasteiger partial charge is 0.137 e. The lowest BCUT2D eigenvalue weighted by atomic mass is 10.3. The molecule has 0 saturated carbocycles. The minimum atomic E-state index is -1.16. The van der Waals surface area contributed by atoms with Crippen molar-refractivity contribution in [3.63, 3.8) is 0 Å². The van der Waals surface area contributed by atoms with Crippen molar-refractivity contribution in [2.45, 2.75) is 13.1 Å². The number of carboxylic acid groups (broad SMARTS) is 1. The molecule has 1 aromatic heterocycles. The van der Waals surface area contributed by atoms with Gasteiger partial charge in [0.05, 0.1) is 12.2 Å². The number of hydrogen-bond donors (Lipinski definition) is 0. The number of fused-ring (bicyclic) bond motifs is 1.